The first-order chi connectivity index (χ1) is 6.83. The van der Waals surface area contributed by atoms with Crippen LogP contribution in [-0.2, 0) is 4.79 Å². The quantitative estimate of drug-likeness (QED) is 0.580. The third-order valence-corrected chi connectivity index (χ3v) is 2.89. The third-order valence-electron chi connectivity index (χ3n) is 2.49. The zero-order valence-electron chi connectivity index (χ0n) is 8.60. The molecule has 0 aromatic heterocycles. The van der Waals surface area contributed by atoms with Crippen molar-refractivity contribution >= 4 is 21.8 Å². The number of carbonyl (C=O) groups is 1. The summed E-state index contributed by atoms with van der Waals surface area (Å²) in [7, 11) is 0. The van der Waals surface area contributed by atoms with E-state index >= 15 is 0 Å². The fraction of sp³-hybridized carbons (Fsp3) is 0.900. The zero-order chi connectivity index (χ0) is 10.2. The van der Waals surface area contributed by atoms with Crippen molar-refractivity contribution in [3.05, 3.63) is 0 Å². The number of likely N-dealkylation sites (tertiary alicyclic amines) is 1. The molecule has 4 heteroatoms. The molecule has 82 valence electrons. The van der Waals surface area contributed by atoms with Gasteiger partial charge in [-0.1, -0.05) is 15.9 Å². The van der Waals surface area contributed by atoms with E-state index in [1.165, 1.54) is 25.9 Å². The van der Waals surface area contributed by atoms with E-state index in [1.54, 1.807) is 0 Å². The Morgan fingerprint density at radius 2 is 2.07 bits per heavy atom. The maximum atomic E-state index is 11.1. The van der Waals surface area contributed by atoms with Crippen LogP contribution in [0.5, 0.6) is 0 Å². The van der Waals surface area contributed by atoms with Gasteiger partial charge >= 0.3 is 0 Å². The van der Waals surface area contributed by atoms with Crippen molar-refractivity contribution in [3.63, 3.8) is 0 Å². The predicted octanol–water partition coefficient (Wildman–Crippen LogP) is 1.37. The van der Waals surface area contributed by atoms with Crippen molar-refractivity contribution in [2.24, 2.45) is 0 Å². The zero-order valence-corrected chi connectivity index (χ0v) is 10.2. The summed E-state index contributed by atoms with van der Waals surface area (Å²) >= 11 is 3.24. The largest absolute Gasteiger partial charge is 0.356 e. The Balaban J connectivity index is 1.90. The van der Waals surface area contributed by atoms with Gasteiger partial charge in [0, 0.05) is 18.3 Å². The number of hydrogen-bond donors (Lipinski definition) is 1. The van der Waals surface area contributed by atoms with Gasteiger partial charge in [-0.3, -0.25) is 4.79 Å². The molecule has 0 unspecified atom stereocenters. The van der Waals surface area contributed by atoms with Gasteiger partial charge in [-0.25, -0.2) is 0 Å². The van der Waals surface area contributed by atoms with Gasteiger partial charge < -0.3 is 10.2 Å². The maximum absolute atomic E-state index is 11.1. The lowest BCUT2D eigenvalue weighted by Gasteiger charge is -2.14. The van der Waals surface area contributed by atoms with Crippen LogP contribution in [0.1, 0.15) is 25.7 Å². The van der Waals surface area contributed by atoms with E-state index in [0.717, 1.165) is 24.8 Å². The van der Waals surface area contributed by atoms with Crippen LogP contribution >= 0.6 is 15.9 Å². The summed E-state index contributed by atoms with van der Waals surface area (Å²) in [5.41, 5.74) is 0. The summed E-state index contributed by atoms with van der Waals surface area (Å²) in [5.74, 6) is 0.156. The van der Waals surface area contributed by atoms with Gasteiger partial charge in [-0.15, -0.1) is 0 Å². The fourth-order valence-corrected chi connectivity index (χ4v) is 2.07. The minimum Gasteiger partial charge on any atom is -0.356 e. The van der Waals surface area contributed by atoms with E-state index in [2.05, 4.69) is 26.1 Å². The highest BCUT2D eigenvalue weighted by molar-refractivity contribution is 9.09. The molecule has 0 aliphatic carbocycles. The van der Waals surface area contributed by atoms with Gasteiger partial charge in [-0.05, 0) is 38.9 Å². The molecule has 1 saturated heterocycles. The molecule has 1 aliphatic rings. The second-order valence-corrected chi connectivity index (χ2v) is 4.48. The second kappa shape index (κ2) is 7.23. The van der Waals surface area contributed by atoms with E-state index < -0.39 is 0 Å². The molecule has 0 atom stereocenters. The third kappa shape index (κ3) is 4.96. The standard InChI is InChI=1S/C10H19BrN2O/c11-5-4-10(14)12-6-3-9-13-7-1-2-8-13/h1-9H2,(H,12,14). The molecule has 0 spiro atoms. The minimum atomic E-state index is 0.156. The van der Waals surface area contributed by atoms with Crippen LogP contribution in [0, 0.1) is 0 Å². The van der Waals surface area contributed by atoms with Gasteiger partial charge in [0.1, 0.15) is 0 Å². The Kier molecular flexibility index (Phi) is 6.19. The Labute approximate surface area is 94.4 Å². The van der Waals surface area contributed by atoms with Crippen LogP contribution in [0.2, 0.25) is 0 Å². The summed E-state index contributed by atoms with van der Waals surface area (Å²) in [5, 5.41) is 3.67. The van der Waals surface area contributed by atoms with Crippen molar-refractivity contribution in [3.8, 4) is 0 Å². The Morgan fingerprint density at radius 3 is 2.71 bits per heavy atom. The average Bonchev–Trinajstić information content (AvgIpc) is 2.65. The van der Waals surface area contributed by atoms with E-state index in [4.69, 9.17) is 0 Å². The van der Waals surface area contributed by atoms with Gasteiger partial charge in [0.05, 0.1) is 0 Å². The van der Waals surface area contributed by atoms with Gasteiger partial charge in [0.15, 0.2) is 0 Å². The molecule has 3 nitrogen and oxygen atoms in total. The molecule has 1 aliphatic heterocycles. The highest BCUT2D eigenvalue weighted by Gasteiger charge is 2.10. The number of carbonyl (C=O) groups excluding carboxylic acids is 1. The minimum absolute atomic E-state index is 0.156. The van der Waals surface area contributed by atoms with Gasteiger partial charge in [0.2, 0.25) is 5.91 Å². The molecule has 0 aromatic carbocycles. The number of amides is 1. The first kappa shape index (κ1) is 12.0. The molecular formula is C10H19BrN2O. The number of halogens is 1. The van der Waals surface area contributed by atoms with Crippen LogP contribution < -0.4 is 5.32 Å². The Bertz CT molecular complexity index is 170. The van der Waals surface area contributed by atoms with Crippen molar-refractivity contribution in [2.75, 3.05) is 31.5 Å². The van der Waals surface area contributed by atoms with Crippen molar-refractivity contribution in [1.82, 2.24) is 10.2 Å². The smallest absolute Gasteiger partial charge is 0.220 e. The summed E-state index contributed by atoms with van der Waals surface area (Å²) in [6.07, 6.45) is 4.35. The number of alkyl halides is 1. The highest BCUT2D eigenvalue weighted by atomic mass is 79.9. The van der Waals surface area contributed by atoms with Crippen LogP contribution in [0.25, 0.3) is 0 Å². The first-order valence-electron chi connectivity index (χ1n) is 5.38. The highest BCUT2D eigenvalue weighted by Crippen LogP contribution is 2.06. The predicted molar refractivity (Wildman–Crippen MR) is 61.7 cm³/mol. The number of nitrogens with zero attached hydrogens (tertiary/aromatic N) is 1. The number of hydrogen-bond acceptors (Lipinski definition) is 2. The fourth-order valence-electron chi connectivity index (χ4n) is 1.71. The molecule has 1 rings (SSSR count). The van der Waals surface area contributed by atoms with E-state index in [9.17, 15) is 4.79 Å². The monoisotopic (exact) mass is 262 g/mol. The summed E-state index contributed by atoms with van der Waals surface area (Å²) in [6, 6.07) is 0. The van der Waals surface area contributed by atoms with Gasteiger partial charge in [-0.2, -0.15) is 0 Å². The second-order valence-electron chi connectivity index (χ2n) is 3.69. The SMILES string of the molecule is O=C(CCBr)NCCCN1CCCC1. The normalized spacial score (nSPS) is 17.2. The average molecular weight is 263 g/mol. The summed E-state index contributed by atoms with van der Waals surface area (Å²) in [4.78, 5) is 13.6. The lowest BCUT2D eigenvalue weighted by atomic mass is 10.3. The number of nitrogens with one attached hydrogen (secondary N) is 1. The summed E-state index contributed by atoms with van der Waals surface area (Å²) < 4.78 is 0. The molecule has 1 heterocycles. The van der Waals surface area contributed by atoms with Crippen molar-refractivity contribution in [1.29, 1.82) is 0 Å². The van der Waals surface area contributed by atoms with Crippen LogP contribution in [0.3, 0.4) is 0 Å². The van der Waals surface area contributed by atoms with Gasteiger partial charge in [0.25, 0.3) is 0 Å². The lowest BCUT2D eigenvalue weighted by molar-refractivity contribution is -0.120. The molecule has 1 amide bonds. The molecule has 0 saturated carbocycles. The van der Waals surface area contributed by atoms with E-state index in [-0.39, 0.29) is 5.91 Å². The maximum Gasteiger partial charge on any atom is 0.220 e. The van der Waals surface area contributed by atoms with Crippen molar-refractivity contribution < 1.29 is 4.79 Å². The van der Waals surface area contributed by atoms with E-state index in [1.807, 2.05) is 0 Å². The molecule has 1 N–H and O–H groups in total. The molecule has 0 radical (unpaired) electrons. The van der Waals surface area contributed by atoms with E-state index in [0.29, 0.717) is 6.42 Å². The lowest BCUT2D eigenvalue weighted by Crippen LogP contribution is -2.28. The van der Waals surface area contributed by atoms with Crippen molar-refractivity contribution in [2.45, 2.75) is 25.7 Å². The van der Waals surface area contributed by atoms with Crippen LogP contribution in [-0.4, -0.2) is 42.3 Å². The molecular weight excluding hydrogens is 244 g/mol. The molecule has 0 aromatic rings. The first-order valence-corrected chi connectivity index (χ1v) is 6.50. The number of rotatable bonds is 6. The van der Waals surface area contributed by atoms with Crippen LogP contribution in [0.4, 0.5) is 0 Å². The Morgan fingerprint density at radius 1 is 1.36 bits per heavy atom. The molecule has 1 fully saturated rings. The van der Waals surface area contributed by atoms with Crippen LogP contribution in [0.15, 0.2) is 0 Å². The summed E-state index contributed by atoms with van der Waals surface area (Å²) in [6.45, 7) is 4.45. The molecule has 14 heavy (non-hydrogen) atoms. The Hall–Kier alpha value is -0.0900. The molecule has 0 bridgehead atoms. The topological polar surface area (TPSA) is 32.3 Å².